The molecule has 0 N–H and O–H groups in total. The zero-order valence-electron chi connectivity index (χ0n) is 18.3. The number of methoxy groups -OCH3 is 2. The molecule has 4 nitrogen and oxygen atoms in total. The number of para-hydroxylation sites is 1. The molecule has 1 saturated heterocycles. The lowest BCUT2D eigenvalue weighted by atomic mass is 9.96. The van der Waals surface area contributed by atoms with Crippen LogP contribution >= 0.6 is 0 Å². The Hall–Kier alpha value is -2.04. The molecule has 0 radical (unpaired) electrons. The molecule has 4 heteroatoms. The van der Waals surface area contributed by atoms with E-state index in [9.17, 15) is 0 Å². The minimum Gasteiger partial charge on any atom is -0.497 e. The first-order valence-electron chi connectivity index (χ1n) is 10.9. The van der Waals surface area contributed by atoms with Gasteiger partial charge in [-0.15, -0.1) is 0 Å². The number of benzene rings is 2. The van der Waals surface area contributed by atoms with Gasteiger partial charge in [0.05, 0.1) is 14.2 Å². The van der Waals surface area contributed by atoms with E-state index in [0.29, 0.717) is 0 Å². The summed E-state index contributed by atoms with van der Waals surface area (Å²) in [6.07, 6.45) is 3.72. The third kappa shape index (κ3) is 6.48. The topological polar surface area (TPSA) is 24.9 Å². The van der Waals surface area contributed by atoms with Crippen molar-refractivity contribution in [3.05, 3.63) is 59.7 Å². The van der Waals surface area contributed by atoms with Gasteiger partial charge in [-0.25, -0.2) is 0 Å². The Morgan fingerprint density at radius 2 is 1.93 bits per heavy atom. The van der Waals surface area contributed by atoms with Gasteiger partial charge < -0.3 is 14.4 Å². The first kappa shape index (κ1) is 21.7. The summed E-state index contributed by atoms with van der Waals surface area (Å²) in [7, 11) is 3.50. The van der Waals surface area contributed by atoms with Gasteiger partial charge >= 0.3 is 0 Å². The Morgan fingerprint density at radius 3 is 2.72 bits per heavy atom. The smallest absolute Gasteiger partial charge is 0.123 e. The zero-order chi connectivity index (χ0) is 20.5. The van der Waals surface area contributed by atoms with Crippen LogP contribution in [0.2, 0.25) is 0 Å². The molecule has 1 atom stereocenters. The van der Waals surface area contributed by atoms with Gasteiger partial charge in [0, 0.05) is 31.7 Å². The quantitative estimate of drug-likeness (QED) is 0.591. The average molecular weight is 397 g/mol. The number of ether oxygens (including phenoxy) is 2. The maximum absolute atomic E-state index is 5.54. The number of nitrogens with zero attached hydrogens (tertiary/aromatic N) is 2. The van der Waals surface area contributed by atoms with Crippen LogP contribution in [0.4, 0.5) is 0 Å². The van der Waals surface area contributed by atoms with Gasteiger partial charge in [-0.3, -0.25) is 4.90 Å². The highest BCUT2D eigenvalue weighted by molar-refractivity contribution is 5.33. The molecule has 1 fully saturated rings. The van der Waals surface area contributed by atoms with Crippen LogP contribution < -0.4 is 9.47 Å². The summed E-state index contributed by atoms with van der Waals surface area (Å²) < 4.78 is 10.9. The van der Waals surface area contributed by atoms with Crippen LogP contribution in [-0.2, 0) is 13.0 Å². The second-order valence-corrected chi connectivity index (χ2v) is 8.05. The van der Waals surface area contributed by atoms with Gasteiger partial charge in [0.2, 0.25) is 0 Å². The van der Waals surface area contributed by atoms with Crippen LogP contribution in [0.15, 0.2) is 48.5 Å². The predicted molar refractivity (Wildman–Crippen MR) is 120 cm³/mol. The van der Waals surface area contributed by atoms with E-state index in [-0.39, 0.29) is 0 Å². The van der Waals surface area contributed by atoms with Gasteiger partial charge in [-0.1, -0.05) is 37.3 Å². The fraction of sp³-hybridized carbons (Fsp3) is 0.520. The van der Waals surface area contributed by atoms with E-state index in [1.54, 1.807) is 14.2 Å². The second-order valence-electron chi connectivity index (χ2n) is 8.05. The molecule has 158 valence electrons. The lowest BCUT2D eigenvalue weighted by Crippen LogP contribution is -2.41. The molecule has 0 aliphatic carbocycles. The number of hydrogen-bond acceptors (Lipinski definition) is 4. The molecule has 0 unspecified atom stereocenters. The van der Waals surface area contributed by atoms with E-state index in [1.165, 1.54) is 37.1 Å². The summed E-state index contributed by atoms with van der Waals surface area (Å²) in [5, 5.41) is 0. The molecule has 0 spiro atoms. The molecule has 1 heterocycles. The highest BCUT2D eigenvalue weighted by Crippen LogP contribution is 2.23. The molecule has 1 aliphatic heterocycles. The highest BCUT2D eigenvalue weighted by Gasteiger charge is 2.22. The first-order chi connectivity index (χ1) is 14.2. The number of piperidine rings is 1. The summed E-state index contributed by atoms with van der Waals surface area (Å²) in [5.41, 5.74) is 2.64. The zero-order valence-corrected chi connectivity index (χ0v) is 18.3. The molecule has 0 aromatic heterocycles. The normalized spacial score (nSPS) is 17.4. The van der Waals surface area contributed by atoms with E-state index in [1.807, 2.05) is 12.1 Å². The molecule has 2 aromatic carbocycles. The summed E-state index contributed by atoms with van der Waals surface area (Å²) in [5.74, 6) is 2.69. The Kier molecular flexibility index (Phi) is 8.38. The molecule has 2 aromatic rings. The van der Waals surface area contributed by atoms with Crippen molar-refractivity contribution in [1.82, 2.24) is 9.80 Å². The third-order valence-electron chi connectivity index (χ3n) is 6.00. The molecular weight excluding hydrogens is 360 g/mol. The SMILES string of the molecule is CCN(Cc1ccccc1OC)C[C@@H]1CCCN(CCc2cccc(OC)c2)C1. The Morgan fingerprint density at radius 1 is 1.07 bits per heavy atom. The number of hydrogen-bond donors (Lipinski definition) is 0. The van der Waals surface area contributed by atoms with Gasteiger partial charge in [0.1, 0.15) is 11.5 Å². The van der Waals surface area contributed by atoms with Crippen LogP contribution in [0.25, 0.3) is 0 Å². The number of rotatable bonds is 10. The molecule has 29 heavy (non-hydrogen) atoms. The van der Waals surface area contributed by atoms with Crippen molar-refractivity contribution in [3.63, 3.8) is 0 Å². The summed E-state index contributed by atoms with van der Waals surface area (Å²) in [4.78, 5) is 5.21. The Bertz CT molecular complexity index is 749. The molecule has 3 rings (SSSR count). The van der Waals surface area contributed by atoms with Gasteiger partial charge in [-0.2, -0.15) is 0 Å². The summed E-state index contributed by atoms with van der Waals surface area (Å²) in [6, 6.07) is 16.9. The van der Waals surface area contributed by atoms with Crippen LogP contribution in [-0.4, -0.2) is 56.7 Å². The van der Waals surface area contributed by atoms with Crippen LogP contribution in [0.1, 0.15) is 30.9 Å². The molecule has 0 bridgehead atoms. The Balaban J connectivity index is 1.51. The van der Waals surface area contributed by atoms with Crippen molar-refractivity contribution >= 4 is 0 Å². The first-order valence-corrected chi connectivity index (χ1v) is 10.9. The molecular formula is C25H36N2O2. The van der Waals surface area contributed by atoms with E-state index < -0.39 is 0 Å². The summed E-state index contributed by atoms with van der Waals surface area (Å²) in [6.45, 7) is 9.00. The molecule has 1 aliphatic rings. The fourth-order valence-corrected chi connectivity index (χ4v) is 4.36. The maximum atomic E-state index is 5.54. The summed E-state index contributed by atoms with van der Waals surface area (Å²) >= 11 is 0. The average Bonchev–Trinajstić information content (AvgIpc) is 2.78. The van der Waals surface area contributed by atoms with Crippen molar-refractivity contribution < 1.29 is 9.47 Å². The van der Waals surface area contributed by atoms with Crippen molar-refractivity contribution in [2.24, 2.45) is 5.92 Å². The third-order valence-corrected chi connectivity index (χ3v) is 6.00. The highest BCUT2D eigenvalue weighted by atomic mass is 16.5. The van der Waals surface area contributed by atoms with Crippen molar-refractivity contribution in [2.45, 2.75) is 32.7 Å². The van der Waals surface area contributed by atoms with Crippen LogP contribution in [0, 0.1) is 5.92 Å². The van der Waals surface area contributed by atoms with Crippen molar-refractivity contribution in [1.29, 1.82) is 0 Å². The van der Waals surface area contributed by atoms with Crippen LogP contribution in [0.5, 0.6) is 11.5 Å². The molecule has 0 amide bonds. The van der Waals surface area contributed by atoms with E-state index in [2.05, 4.69) is 53.1 Å². The van der Waals surface area contributed by atoms with Crippen molar-refractivity contribution in [3.8, 4) is 11.5 Å². The standard InChI is InChI=1S/C25H36N2O2/c1-4-26(20-23-11-5-6-13-25(23)29-3)18-22-10-8-15-27(19-22)16-14-21-9-7-12-24(17-21)28-2/h5-7,9,11-13,17,22H,4,8,10,14-16,18-20H2,1-3H3/t22-/m0/s1. The largest absolute Gasteiger partial charge is 0.497 e. The van der Waals surface area contributed by atoms with Crippen LogP contribution in [0.3, 0.4) is 0 Å². The lowest BCUT2D eigenvalue weighted by Gasteiger charge is -2.35. The fourth-order valence-electron chi connectivity index (χ4n) is 4.36. The second kappa shape index (κ2) is 11.2. The minimum absolute atomic E-state index is 0.740. The lowest BCUT2D eigenvalue weighted by molar-refractivity contribution is 0.132. The monoisotopic (exact) mass is 396 g/mol. The maximum Gasteiger partial charge on any atom is 0.123 e. The van der Waals surface area contributed by atoms with E-state index >= 15 is 0 Å². The van der Waals surface area contributed by atoms with E-state index in [0.717, 1.165) is 50.0 Å². The van der Waals surface area contributed by atoms with Crippen molar-refractivity contribution in [2.75, 3.05) is 46.9 Å². The minimum atomic E-state index is 0.740. The van der Waals surface area contributed by atoms with Gasteiger partial charge in [-0.05, 0) is 62.0 Å². The number of likely N-dealkylation sites (tertiary alicyclic amines) is 1. The van der Waals surface area contributed by atoms with Gasteiger partial charge in [0.15, 0.2) is 0 Å². The van der Waals surface area contributed by atoms with Gasteiger partial charge in [0.25, 0.3) is 0 Å². The van der Waals surface area contributed by atoms with E-state index in [4.69, 9.17) is 9.47 Å². The Labute approximate surface area is 176 Å². The predicted octanol–water partition coefficient (Wildman–Crippen LogP) is 4.48. The molecule has 0 saturated carbocycles.